The molecule has 0 saturated carbocycles. The summed E-state index contributed by atoms with van der Waals surface area (Å²) in [7, 11) is 0. The van der Waals surface area contributed by atoms with Gasteiger partial charge in [0.15, 0.2) is 0 Å². The molecule has 160 valence electrons. The quantitative estimate of drug-likeness (QED) is 0.313. The van der Waals surface area contributed by atoms with Gasteiger partial charge in [0.25, 0.3) is 0 Å². The van der Waals surface area contributed by atoms with Gasteiger partial charge in [-0.2, -0.15) is 4.98 Å². The zero-order chi connectivity index (χ0) is 21.2. The van der Waals surface area contributed by atoms with Crippen LogP contribution in [-0.4, -0.2) is 34.6 Å². The largest absolute Gasteiger partial charge is 0.384 e. The van der Waals surface area contributed by atoms with Crippen molar-refractivity contribution in [1.82, 2.24) is 15.0 Å². The molecule has 7 heteroatoms. The summed E-state index contributed by atoms with van der Waals surface area (Å²) in [6.45, 7) is 6.81. The molecule has 0 saturated heterocycles. The molecule has 0 aliphatic heterocycles. The van der Waals surface area contributed by atoms with Crippen LogP contribution in [0.3, 0.4) is 0 Å². The van der Waals surface area contributed by atoms with E-state index in [9.17, 15) is 0 Å². The third-order valence-corrected chi connectivity index (χ3v) is 5.08. The van der Waals surface area contributed by atoms with Gasteiger partial charge < -0.3 is 16.0 Å². The third kappa shape index (κ3) is 6.73. The summed E-state index contributed by atoms with van der Waals surface area (Å²) in [4.78, 5) is 13.4. The lowest BCUT2D eigenvalue weighted by molar-refractivity contribution is 0.683. The molecule has 0 amide bonds. The smallest absolute Gasteiger partial charge is 0.224 e. The fraction of sp³-hybridized carbons (Fsp3) is 0.435. The van der Waals surface area contributed by atoms with Gasteiger partial charge in [-0.3, -0.25) is 4.98 Å². The number of fused-ring (bicyclic) bond motifs is 1. The topological polar surface area (TPSA) is 74.8 Å². The summed E-state index contributed by atoms with van der Waals surface area (Å²) >= 11 is 6.06. The van der Waals surface area contributed by atoms with Crippen LogP contribution in [0.5, 0.6) is 0 Å². The van der Waals surface area contributed by atoms with Gasteiger partial charge >= 0.3 is 0 Å². The van der Waals surface area contributed by atoms with E-state index in [2.05, 4.69) is 37.8 Å². The van der Waals surface area contributed by atoms with E-state index in [-0.39, 0.29) is 0 Å². The van der Waals surface area contributed by atoms with Gasteiger partial charge in [0, 0.05) is 53.7 Å². The van der Waals surface area contributed by atoms with Crippen molar-refractivity contribution in [1.29, 1.82) is 0 Å². The van der Waals surface area contributed by atoms with Gasteiger partial charge in [0.05, 0.1) is 5.52 Å². The van der Waals surface area contributed by atoms with Crippen LogP contribution >= 0.6 is 11.6 Å². The number of aromatic nitrogens is 3. The van der Waals surface area contributed by atoms with Crippen LogP contribution in [0.2, 0.25) is 5.02 Å². The van der Waals surface area contributed by atoms with Crippen LogP contribution in [-0.2, 0) is 0 Å². The number of benzene rings is 1. The molecule has 2 aromatic heterocycles. The molecule has 0 aliphatic rings. The first-order valence-corrected chi connectivity index (χ1v) is 11.1. The first kappa shape index (κ1) is 22.1. The van der Waals surface area contributed by atoms with Crippen LogP contribution in [0.4, 0.5) is 17.5 Å². The van der Waals surface area contributed by atoms with E-state index in [4.69, 9.17) is 11.6 Å². The summed E-state index contributed by atoms with van der Waals surface area (Å²) < 4.78 is 0. The molecule has 3 rings (SSSR count). The Morgan fingerprint density at radius 2 is 1.70 bits per heavy atom. The second kappa shape index (κ2) is 11.6. The number of rotatable bonds is 12. The highest BCUT2D eigenvalue weighted by Crippen LogP contribution is 2.24. The maximum absolute atomic E-state index is 6.06. The molecule has 2 heterocycles. The van der Waals surface area contributed by atoms with Gasteiger partial charge in [0.2, 0.25) is 5.95 Å². The van der Waals surface area contributed by atoms with Crippen molar-refractivity contribution in [2.24, 2.45) is 0 Å². The molecule has 0 aliphatic carbocycles. The Kier molecular flexibility index (Phi) is 8.51. The lowest BCUT2D eigenvalue weighted by atomic mass is 10.2. The molecule has 0 bridgehead atoms. The van der Waals surface area contributed by atoms with Crippen LogP contribution in [0.15, 0.2) is 36.5 Å². The summed E-state index contributed by atoms with van der Waals surface area (Å²) in [5.41, 5.74) is 2.93. The molecule has 3 N–H and O–H groups in total. The molecule has 30 heavy (non-hydrogen) atoms. The number of nitrogens with one attached hydrogen (secondary N) is 3. The summed E-state index contributed by atoms with van der Waals surface area (Å²) in [6, 6.07) is 9.76. The second-order valence-corrected chi connectivity index (χ2v) is 7.87. The minimum atomic E-state index is 0.700. The van der Waals surface area contributed by atoms with Crippen molar-refractivity contribution in [2.45, 2.75) is 46.0 Å². The summed E-state index contributed by atoms with van der Waals surface area (Å²) in [5, 5.41) is 12.0. The molecule has 0 fully saturated rings. The van der Waals surface area contributed by atoms with E-state index in [0.717, 1.165) is 60.6 Å². The van der Waals surface area contributed by atoms with E-state index >= 15 is 0 Å². The van der Waals surface area contributed by atoms with Gasteiger partial charge in [-0.05, 0) is 44.0 Å². The zero-order valence-corrected chi connectivity index (χ0v) is 18.6. The second-order valence-electron chi connectivity index (χ2n) is 7.43. The maximum Gasteiger partial charge on any atom is 0.224 e. The lowest BCUT2D eigenvalue weighted by Crippen LogP contribution is -2.12. The van der Waals surface area contributed by atoms with E-state index in [1.54, 1.807) is 6.20 Å². The monoisotopic (exact) mass is 426 g/mol. The number of anilines is 3. The van der Waals surface area contributed by atoms with Crippen molar-refractivity contribution < 1.29 is 0 Å². The first-order chi connectivity index (χ1) is 14.7. The van der Waals surface area contributed by atoms with Gasteiger partial charge in [-0.15, -0.1) is 0 Å². The zero-order valence-electron chi connectivity index (χ0n) is 17.8. The Morgan fingerprint density at radius 1 is 0.867 bits per heavy atom. The minimum absolute atomic E-state index is 0.700. The van der Waals surface area contributed by atoms with Crippen molar-refractivity contribution in [3.05, 3.63) is 47.2 Å². The Hall–Kier alpha value is -2.60. The Bertz CT molecular complexity index is 946. The van der Waals surface area contributed by atoms with Crippen molar-refractivity contribution in [3.8, 4) is 0 Å². The predicted octanol–water partition coefficient (Wildman–Crippen LogP) is 5.89. The predicted molar refractivity (Wildman–Crippen MR) is 128 cm³/mol. The average Bonchev–Trinajstić information content (AvgIpc) is 2.73. The number of nitrogens with zero attached hydrogens (tertiary/aromatic N) is 3. The fourth-order valence-electron chi connectivity index (χ4n) is 3.29. The molecule has 0 spiro atoms. The van der Waals surface area contributed by atoms with Crippen molar-refractivity contribution in [3.63, 3.8) is 0 Å². The number of pyridine rings is 1. The molecule has 3 aromatic rings. The standard InChI is InChI=1S/C23H31ClN6/c1-3-4-5-6-11-28-23-29-17(2)15-22(30-23)27-13-7-12-25-20-10-14-26-21-16-18(24)8-9-19(20)21/h8-10,14-16H,3-7,11-13H2,1-2H3,(H,25,26)(H2,27,28,29,30). The third-order valence-electron chi connectivity index (χ3n) is 4.85. The first-order valence-electron chi connectivity index (χ1n) is 10.8. The number of hydrogen-bond donors (Lipinski definition) is 3. The molecule has 0 unspecified atom stereocenters. The lowest BCUT2D eigenvalue weighted by Gasteiger charge is -2.11. The van der Waals surface area contributed by atoms with Crippen LogP contribution < -0.4 is 16.0 Å². The molecular formula is C23H31ClN6. The molecule has 6 nitrogen and oxygen atoms in total. The fourth-order valence-corrected chi connectivity index (χ4v) is 3.46. The van der Waals surface area contributed by atoms with Gasteiger partial charge in [-0.1, -0.05) is 37.8 Å². The Balaban J connectivity index is 1.44. The Labute approximate surface area is 183 Å². The molecular weight excluding hydrogens is 396 g/mol. The Morgan fingerprint density at radius 3 is 2.57 bits per heavy atom. The summed E-state index contributed by atoms with van der Waals surface area (Å²) in [6.07, 6.45) is 7.68. The highest BCUT2D eigenvalue weighted by Gasteiger charge is 2.04. The SMILES string of the molecule is CCCCCCNc1nc(C)cc(NCCCNc2ccnc3cc(Cl)ccc23)n1. The number of hydrogen-bond acceptors (Lipinski definition) is 6. The molecule has 1 aromatic carbocycles. The maximum atomic E-state index is 6.06. The van der Waals surface area contributed by atoms with Gasteiger partial charge in [-0.25, -0.2) is 4.98 Å². The number of halogens is 1. The van der Waals surface area contributed by atoms with Crippen LogP contribution in [0.25, 0.3) is 10.9 Å². The average molecular weight is 427 g/mol. The molecule has 0 radical (unpaired) electrons. The number of aryl methyl sites for hydroxylation is 1. The highest BCUT2D eigenvalue weighted by molar-refractivity contribution is 6.31. The van der Waals surface area contributed by atoms with Crippen molar-refractivity contribution >= 4 is 40.0 Å². The highest BCUT2D eigenvalue weighted by atomic mass is 35.5. The molecule has 0 atom stereocenters. The summed E-state index contributed by atoms with van der Waals surface area (Å²) in [5.74, 6) is 1.57. The van der Waals surface area contributed by atoms with Crippen molar-refractivity contribution in [2.75, 3.05) is 35.6 Å². The normalized spacial score (nSPS) is 10.9. The van der Waals surface area contributed by atoms with E-state index in [1.807, 2.05) is 37.3 Å². The van der Waals surface area contributed by atoms with Gasteiger partial charge in [0.1, 0.15) is 5.82 Å². The van der Waals surface area contributed by atoms with Crippen LogP contribution in [0, 0.1) is 6.92 Å². The van der Waals surface area contributed by atoms with Crippen LogP contribution in [0.1, 0.15) is 44.7 Å². The number of unbranched alkanes of at least 4 members (excludes halogenated alkanes) is 3. The van der Waals surface area contributed by atoms with E-state index in [0.29, 0.717) is 11.0 Å². The minimum Gasteiger partial charge on any atom is -0.384 e. The van der Waals surface area contributed by atoms with E-state index < -0.39 is 0 Å². The van der Waals surface area contributed by atoms with E-state index in [1.165, 1.54) is 19.3 Å².